The molecule has 0 aliphatic carbocycles. The molecule has 0 spiro atoms. The molecule has 23 heavy (non-hydrogen) atoms. The van der Waals surface area contributed by atoms with Crippen molar-refractivity contribution >= 4 is 34.0 Å². The third-order valence-electron chi connectivity index (χ3n) is 3.25. The van der Waals surface area contributed by atoms with Gasteiger partial charge in [0.1, 0.15) is 11.6 Å². The summed E-state index contributed by atoms with van der Waals surface area (Å²) in [5.74, 6) is -0.557. The maximum atomic E-state index is 13.5. The van der Waals surface area contributed by atoms with E-state index in [0.29, 0.717) is 24.4 Å². The first-order valence-electron chi connectivity index (χ1n) is 6.97. The molecule has 2 aromatic heterocycles. The van der Waals surface area contributed by atoms with E-state index in [2.05, 4.69) is 20.6 Å². The molecule has 0 saturated carbocycles. The fourth-order valence-corrected chi connectivity index (χ4v) is 2.35. The number of benzene rings is 1. The van der Waals surface area contributed by atoms with E-state index in [0.717, 1.165) is 11.1 Å². The van der Waals surface area contributed by atoms with Crippen LogP contribution < -0.4 is 10.6 Å². The highest BCUT2D eigenvalue weighted by Crippen LogP contribution is 2.26. The number of hydrogen-bond donors (Lipinski definition) is 2. The topological polar surface area (TPSA) is 49.8 Å². The highest BCUT2D eigenvalue weighted by molar-refractivity contribution is 6.31. The van der Waals surface area contributed by atoms with Gasteiger partial charge in [-0.2, -0.15) is 4.39 Å². The Labute approximate surface area is 136 Å². The second-order valence-electron chi connectivity index (χ2n) is 4.84. The Balaban J connectivity index is 1.66. The molecule has 3 rings (SSSR count). The molecule has 7 heteroatoms. The van der Waals surface area contributed by atoms with Crippen LogP contribution in [0, 0.1) is 11.8 Å². The number of halogens is 3. The van der Waals surface area contributed by atoms with Crippen LogP contribution in [0.25, 0.3) is 10.9 Å². The van der Waals surface area contributed by atoms with E-state index in [-0.39, 0.29) is 5.02 Å². The highest BCUT2D eigenvalue weighted by Gasteiger charge is 2.07. The van der Waals surface area contributed by atoms with Gasteiger partial charge in [-0.15, -0.1) is 0 Å². The van der Waals surface area contributed by atoms with Crippen molar-refractivity contribution in [3.8, 4) is 0 Å². The van der Waals surface area contributed by atoms with Gasteiger partial charge in [0.05, 0.1) is 10.5 Å². The molecule has 0 aliphatic heterocycles. The van der Waals surface area contributed by atoms with Gasteiger partial charge in [-0.05, 0) is 24.3 Å². The lowest BCUT2D eigenvalue weighted by atomic mass is 10.2. The van der Waals surface area contributed by atoms with Crippen LogP contribution in [0.3, 0.4) is 0 Å². The van der Waals surface area contributed by atoms with Crippen LogP contribution in [0.2, 0.25) is 5.02 Å². The number of nitrogens with zero attached hydrogens (tertiary/aromatic N) is 2. The van der Waals surface area contributed by atoms with E-state index in [1.807, 2.05) is 0 Å². The molecular formula is C16H13ClF2N4. The molecule has 3 aromatic rings. The van der Waals surface area contributed by atoms with Crippen molar-refractivity contribution < 1.29 is 8.78 Å². The molecule has 0 aliphatic rings. The zero-order chi connectivity index (χ0) is 16.2. The van der Waals surface area contributed by atoms with Crippen molar-refractivity contribution in [1.29, 1.82) is 0 Å². The molecule has 0 fully saturated rings. The molecule has 118 valence electrons. The quantitative estimate of drug-likeness (QED) is 0.545. The van der Waals surface area contributed by atoms with Gasteiger partial charge in [0.25, 0.3) is 0 Å². The van der Waals surface area contributed by atoms with E-state index in [1.54, 1.807) is 30.5 Å². The van der Waals surface area contributed by atoms with Gasteiger partial charge < -0.3 is 10.6 Å². The smallest absolute Gasteiger partial charge is 0.214 e. The first-order valence-corrected chi connectivity index (χ1v) is 7.35. The summed E-state index contributed by atoms with van der Waals surface area (Å²) in [6.45, 7) is 1.10. The minimum absolute atomic E-state index is 0.0515. The Bertz CT molecular complexity index is 841. The van der Waals surface area contributed by atoms with Crippen LogP contribution in [0.1, 0.15) is 0 Å². The normalized spacial score (nSPS) is 10.7. The van der Waals surface area contributed by atoms with Gasteiger partial charge in [-0.3, -0.25) is 4.98 Å². The molecule has 2 N–H and O–H groups in total. The molecule has 2 heterocycles. The van der Waals surface area contributed by atoms with Crippen LogP contribution >= 0.6 is 11.6 Å². The average Bonchev–Trinajstić information content (AvgIpc) is 2.53. The van der Waals surface area contributed by atoms with E-state index in [1.165, 1.54) is 12.1 Å². The first kappa shape index (κ1) is 15.4. The van der Waals surface area contributed by atoms with E-state index in [4.69, 9.17) is 11.6 Å². The molecule has 0 atom stereocenters. The van der Waals surface area contributed by atoms with Crippen LogP contribution in [-0.2, 0) is 0 Å². The SMILES string of the molecule is Fc1cccc(NCCNc2ccnc3cc(F)c(Cl)cc23)n1. The zero-order valence-electron chi connectivity index (χ0n) is 12.0. The molecule has 1 aromatic carbocycles. The van der Waals surface area contributed by atoms with Gasteiger partial charge in [0.2, 0.25) is 5.95 Å². The lowest BCUT2D eigenvalue weighted by Crippen LogP contribution is -2.14. The van der Waals surface area contributed by atoms with Crippen molar-refractivity contribution in [3.05, 3.63) is 59.4 Å². The first-order chi connectivity index (χ1) is 11.1. The second kappa shape index (κ2) is 6.75. The van der Waals surface area contributed by atoms with Gasteiger partial charge in [-0.25, -0.2) is 9.37 Å². The fraction of sp³-hybridized carbons (Fsp3) is 0.125. The number of nitrogens with one attached hydrogen (secondary N) is 2. The van der Waals surface area contributed by atoms with Crippen LogP contribution in [0.5, 0.6) is 0 Å². The summed E-state index contributed by atoms with van der Waals surface area (Å²) in [5, 5.41) is 7.01. The average molecular weight is 335 g/mol. The maximum absolute atomic E-state index is 13.5. The molecule has 0 amide bonds. The fourth-order valence-electron chi connectivity index (χ4n) is 2.19. The number of anilines is 2. The Morgan fingerprint density at radius 2 is 1.87 bits per heavy atom. The lowest BCUT2D eigenvalue weighted by Gasteiger charge is -2.11. The van der Waals surface area contributed by atoms with Crippen molar-refractivity contribution in [2.45, 2.75) is 0 Å². The molecule has 0 bridgehead atoms. The maximum Gasteiger partial charge on any atom is 0.214 e. The predicted octanol–water partition coefficient (Wildman–Crippen LogP) is 4.09. The highest BCUT2D eigenvalue weighted by atomic mass is 35.5. The third-order valence-corrected chi connectivity index (χ3v) is 3.53. The summed E-state index contributed by atoms with van der Waals surface area (Å²) >= 11 is 5.83. The van der Waals surface area contributed by atoms with Crippen molar-refractivity contribution in [3.63, 3.8) is 0 Å². The Kier molecular flexibility index (Phi) is 4.52. The summed E-state index contributed by atoms with van der Waals surface area (Å²) in [5.41, 5.74) is 1.32. The van der Waals surface area contributed by atoms with Crippen molar-refractivity contribution in [1.82, 2.24) is 9.97 Å². The summed E-state index contributed by atoms with van der Waals surface area (Å²) < 4.78 is 26.4. The minimum Gasteiger partial charge on any atom is -0.383 e. The van der Waals surface area contributed by atoms with Gasteiger partial charge >= 0.3 is 0 Å². The number of aromatic nitrogens is 2. The van der Waals surface area contributed by atoms with Crippen molar-refractivity contribution in [2.75, 3.05) is 23.7 Å². The zero-order valence-corrected chi connectivity index (χ0v) is 12.7. The molecule has 0 radical (unpaired) electrons. The molecule has 0 saturated heterocycles. The second-order valence-corrected chi connectivity index (χ2v) is 5.25. The molecule has 4 nitrogen and oxygen atoms in total. The van der Waals surface area contributed by atoms with Crippen molar-refractivity contribution in [2.24, 2.45) is 0 Å². The largest absolute Gasteiger partial charge is 0.383 e. The van der Waals surface area contributed by atoms with Crippen LogP contribution in [-0.4, -0.2) is 23.1 Å². The van der Waals surface area contributed by atoms with Gasteiger partial charge in [0.15, 0.2) is 0 Å². The Morgan fingerprint density at radius 3 is 2.70 bits per heavy atom. The lowest BCUT2D eigenvalue weighted by molar-refractivity contribution is 0.585. The Hall–Kier alpha value is -2.47. The number of rotatable bonds is 5. The molecule has 0 unspecified atom stereocenters. The predicted molar refractivity (Wildman–Crippen MR) is 87.9 cm³/mol. The van der Waals surface area contributed by atoms with E-state index >= 15 is 0 Å². The summed E-state index contributed by atoms with van der Waals surface area (Å²) in [6, 6.07) is 9.20. The summed E-state index contributed by atoms with van der Waals surface area (Å²) in [7, 11) is 0. The monoisotopic (exact) mass is 334 g/mol. The Morgan fingerprint density at radius 1 is 1.04 bits per heavy atom. The van der Waals surface area contributed by atoms with E-state index in [9.17, 15) is 8.78 Å². The van der Waals surface area contributed by atoms with Crippen LogP contribution in [0.4, 0.5) is 20.3 Å². The van der Waals surface area contributed by atoms with Gasteiger partial charge in [0, 0.05) is 36.4 Å². The van der Waals surface area contributed by atoms with Gasteiger partial charge in [-0.1, -0.05) is 17.7 Å². The minimum atomic E-state index is -0.528. The van der Waals surface area contributed by atoms with E-state index < -0.39 is 11.8 Å². The van der Waals surface area contributed by atoms with Crippen LogP contribution in [0.15, 0.2) is 42.6 Å². The third kappa shape index (κ3) is 3.65. The summed E-state index contributed by atoms with van der Waals surface area (Å²) in [4.78, 5) is 7.84. The number of fused-ring (bicyclic) bond motifs is 1. The number of pyridine rings is 2. The number of hydrogen-bond acceptors (Lipinski definition) is 4. The molecular weight excluding hydrogens is 322 g/mol. The standard InChI is InChI=1S/C16H13ClF2N4/c17-11-8-10-13(4-5-20-14(10)9-12(11)18)21-6-7-22-16-3-1-2-15(19)23-16/h1-5,8-9H,6-7H2,(H,20,21)(H,22,23). The summed E-state index contributed by atoms with van der Waals surface area (Å²) in [6.07, 6.45) is 1.60.